The van der Waals surface area contributed by atoms with Crippen LogP contribution in [0, 0.1) is 5.92 Å². The molecule has 3 aliphatic rings. The lowest BCUT2D eigenvalue weighted by atomic mass is 9.80. The number of imidazole rings is 1. The first-order chi connectivity index (χ1) is 13.7. The summed E-state index contributed by atoms with van der Waals surface area (Å²) in [6.45, 7) is 4.60. The van der Waals surface area contributed by atoms with Crippen molar-refractivity contribution in [3.05, 3.63) is 30.9 Å². The molecule has 1 aliphatic carbocycles. The van der Waals surface area contributed by atoms with Crippen LogP contribution in [-0.4, -0.2) is 60.5 Å². The zero-order valence-electron chi connectivity index (χ0n) is 16.6. The van der Waals surface area contributed by atoms with Gasteiger partial charge in [0.2, 0.25) is 0 Å². The highest BCUT2D eigenvalue weighted by Crippen LogP contribution is 2.41. The zero-order valence-corrected chi connectivity index (χ0v) is 16.6. The summed E-state index contributed by atoms with van der Waals surface area (Å²) in [7, 11) is 1.93. The lowest BCUT2D eigenvalue weighted by Gasteiger charge is -2.50. The molecule has 2 saturated heterocycles. The van der Waals surface area contributed by atoms with Gasteiger partial charge in [0.25, 0.3) is 0 Å². The van der Waals surface area contributed by atoms with Crippen LogP contribution in [0.4, 0.5) is 5.69 Å². The van der Waals surface area contributed by atoms with E-state index in [1.54, 1.807) is 0 Å². The molecule has 1 saturated carbocycles. The summed E-state index contributed by atoms with van der Waals surface area (Å²) in [5.41, 5.74) is 4.12. The summed E-state index contributed by atoms with van der Waals surface area (Å²) in [6.07, 6.45) is 13.2. The van der Waals surface area contributed by atoms with Crippen LogP contribution in [0.1, 0.15) is 32.6 Å². The Labute approximate surface area is 165 Å². The van der Waals surface area contributed by atoms with E-state index < -0.39 is 0 Å². The summed E-state index contributed by atoms with van der Waals surface area (Å²) >= 11 is 0. The first-order valence-corrected chi connectivity index (χ1v) is 10.5. The van der Waals surface area contributed by atoms with Gasteiger partial charge in [-0.2, -0.15) is 10.2 Å². The van der Waals surface area contributed by atoms with Crippen molar-refractivity contribution < 1.29 is 0 Å². The molecular formula is C21H27N7. The van der Waals surface area contributed by atoms with Crippen molar-refractivity contribution in [2.75, 3.05) is 18.0 Å². The molecule has 3 fully saturated rings. The maximum Gasteiger partial charge on any atom is 0.177 e. The quantitative estimate of drug-likeness (QED) is 0.702. The number of rotatable bonds is 3. The van der Waals surface area contributed by atoms with E-state index in [0.717, 1.165) is 42.0 Å². The summed E-state index contributed by atoms with van der Waals surface area (Å²) in [5.74, 6) is 0.915. The van der Waals surface area contributed by atoms with Crippen molar-refractivity contribution in [2.24, 2.45) is 13.0 Å². The molecule has 5 heterocycles. The maximum absolute atomic E-state index is 4.93. The molecule has 2 atom stereocenters. The van der Waals surface area contributed by atoms with Gasteiger partial charge < -0.3 is 4.90 Å². The number of anilines is 1. The van der Waals surface area contributed by atoms with Crippen LogP contribution in [-0.2, 0) is 7.05 Å². The number of aromatic nitrogens is 5. The molecule has 3 aromatic rings. The summed E-state index contributed by atoms with van der Waals surface area (Å²) in [4.78, 5) is 10.3. The van der Waals surface area contributed by atoms with Crippen molar-refractivity contribution in [2.45, 2.75) is 50.7 Å². The van der Waals surface area contributed by atoms with Gasteiger partial charge in [0.15, 0.2) is 5.65 Å². The fourth-order valence-corrected chi connectivity index (χ4v) is 5.66. The molecule has 146 valence electrons. The smallest absolute Gasteiger partial charge is 0.177 e. The lowest BCUT2D eigenvalue weighted by Crippen LogP contribution is -2.59. The van der Waals surface area contributed by atoms with Crippen molar-refractivity contribution in [3.63, 3.8) is 0 Å². The van der Waals surface area contributed by atoms with E-state index in [9.17, 15) is 0 Å². The molecule has 0 radical (unpaired) electrons. The van der Waals surface area contributed by atoms with E-state index in [1.807, 2.05) is 41.0 Å². The Morgan fingerprint density at radius 1 is 1.00 bits per heavy atom. The number of piperazine rings is 1. The molecule has 0 amide bonds. The summed E-state index contributed by atoms with van der Waals surface area (Å²) < 4.78 is 3.73. The van der Waals surface area contributed by atoms with Gasteiger partial charge in [-0.3, -0.25) is 9.58 Å². The van der Waals surface area contributed by atoms with Gasteiger partial charge in [-0.1, -0.05) is 6.92 Å². The Balaban J connectivity index is 1.31. The first kappa shape index (κ1) is 16.5. The van der Waals surface area contributed by atoms with Crippen LogP contribution in [0.5, 0.6) is 0 Å². The fourth-order valence-electron chi connectivity index (χ4n) is 5.66. The molecule has 6 rings (SSSR count). The minimum atomic E-state index is 0.692. The van der Waals surface area contributed by atoms with Gasteiger partial charge in [-0.25, -0.2) is 9.50 Å². The Morgan fingerprint density at radius 3 is 2.46 bits per heavy atom. The van der Waals surface area contributed by atoms with Crippen molar-refractivity contribution in [1.82, 2.24) is 29.3 Å². The van der Waals surface area contributed by atoms with Gasteiger partial charge in [-0.05, 0) is 37.7 Å². The Kier molecular flexibility index (Phi) is 3.57. The van der Waals surface area contributed by atoms with Gasteiger partial charge in [0.1, 0.15) is 0 Å². The third-order valence-electron chi connectivity index (χ3n) is 6.99. The summed E-state index contributed by atoms with van der Waals surface area (Å²) in [5, 5.41) is 8.79. The normalized spacial score (nSPS) is 30.1. The van der Waals surface area contributed by atoms with Crippen LogP contribution >= 0.6 is 0 Å². The number of nitrogens with zero attached hydrogens (tertiary/aromatic N) is 7. The van der Waals surface area contributed by atoms with E-state index in [2.05, 4.69) is 33.0 Å². The van der Waals surface area contributed by atoms with Crippen LogP contribution in [0.15, 0.2) is 30.9 Å². The average molecular weight is 377 g/mol. The Bertz CT molecular complexity index is 1000. The highest BCUT2D eigenvalue weighted by atomic mass is 15.4. The van der Waals surface area contributed by atoms with Gasteiger partial charge in [-0.15, -0.1) is 0 Å². The predicted molar refractivity (Wildman–Crippen MR) is 108 cm³/mol. The predicted octanol–water partition coefficient (Wildman–Crippen LogP) is 2.58. The monoisotopic (exact) mass is 377 g/mol. The highest BCUT2D eigenvalue weighted by molar-refractivity contribution is 5.73. The van der Waals surface area contributed by atoms with E-state index in [0.29, 0.717) is 12.1 Å². The molecule has 2 aliphatic heterocycles. The molecule has 7 nitrogen and oxygen atoms in total. The minimum Gasteiger partial charge on any atom is -0.365 e. The fraction of sp³-hybridized carbons (Fsp3) is 0.571. The third kappa shape index (κ3) is 2.49. The standard InChI is InChI=1S/C21H27N7/c1-14-7-18(8-14)28-16-3-4-17(28)12-26(11-16)20-5-6-22-27-13-19(24-21(20)27)15-9-23-25(2)10-15/h5-6,9-10,13-14,16-18H,3-4,7-8,11-12H2,1-2H3. The van der Waals surface area contributed by atoms with Crippen molar-refractivity contribution in [3.8, 4) is 11.3 Å². The van der Waals surface area contributed by atoms with E-state index in [4.69, 9.17) is 4.98 Å². The number of hydrogen-bond donors (Lipinski definition) is 0. The second-order valence-electron chi connectivity index (χ2n) is 8.98. The van der Waals surface area contributed by atoms with Gasteiger partial charge >= 0.3 is 0 Å². The van der Waals surface area contributed by atoms with Crippen LogP contribution in [0.3, 0.4) is 0 Å². The van der Waals surface area contributed by atoms with E-state index in [-0.39, 0.29) is 0 Å². The second kappa shape index (κ2) is 6.04. The molecule has 0 N–H and O–H groups in total. The molecule has 28 heavy (non-hydrogen) atoms. The molecule has 3 aromatic heterocycles. The van der Waals surface area contributed by atoms with Crippen LogP contribution < -0.4 is 4.90 Å². The topological polar surface area (TPSA) is 54.5 Å². The minimum absolute atomic E-state index is 0.692. The van der Waals surface area contributed by atoms with Crippen LogP contribution in [0.25, 0.3) is 16.9 Å². The molecule has 7 heteroatoms. The zero-order chi connectivity index (χ0) is 18.8. The molecule has 0 spiro atoms. The van der Waals surface area contributed by atoms with Crippen molar-refractivity contribution >= 4 is 11.3 Å². The largest absolute Gasteiger partial charge is 0.365 e. The molecule has 0 aromatic carbocycles. The van der Waals surface area contributed by atoms with E-state index in [1.165, 1.54) is 31.4 Å². The highest BCUT2D eigenvalue weighted by Gasteiger charge is 2.46. The molecule has 2 bridgehead atoms. The second-order valence-corrected chi connectivity index (χ2v) is 8.98. The lowest BCUT2D eigenvalue weighted by molar-refractivity contribution is 0.0341. The first-order valence-electron chi connectivity index (χ1n) is 10.5. The van der Waals surface area contributed by atoms with Gasteiger partial charge in [0.05, 0.1) is 30.0 Å². The maximum atomic E-state index is 4.93. The number of aryl methyl sites for hydroxylation is 1. The number of hydrogen-bond acceptors (Lipinski definition) is 5. The molecular weight excluding hydrogens is 350 g/mol. The SMILES string of the molecule is CC1CC(N2C3CCC2CN(c2ccnn4cc(-c5cnn(C)c5)nc24)C3)C1. The molecule has 2 unspecified atom stereocenters. The Morgan fingerprint density at radius 2 is 1.79 bits per heavy atom. The number of fused-ring (bicyclic) bond motifs is 3. The average Bonchev–Trinajstić information content (AvgIpc) is 3.34. The van der Waals surface area contributed by atoms with Gasteiger partial charge in [0, 0.05) is 50.0 Å². The summed E-state index contributed by atoms with van der Waals surface area (Å²) in [6, 6.07) is 4.35. The van der Waals surface area contributed by atoms with Crippen molar-refractivity contribution in [1.29, 1.82) is 0 Å². The van der Waals surface area contributed by atoms with Crippen LogP contribution in [0.2, 0.25) is 0 Å². The third-order valence-corrected chi connectivity index (χ3v) is 6.99. The van der Waals surface area contributed by atoms with E-state index >= 15 is 0 Å². The Hall–Kier alpha value is -2.41.